The first-order valence-electron chi connectivity index (χ1n) is 8.77. The fourth-order valence-corrected chi connectivity index (χ4v) is 6.11. The van der Waals surface area contributed by atoms with Crippen molar-refractivity contribution in [2.45, 2.75) is 50.5 Å². The van der Waals surface area contributed by atoms with E-state index in [1.165, 1.54) is 49.8 Å². The van der Waals surface area contributed by atoms with Crippen LogP contribution >= 0.6 is 11.6 Å². The molecule has 0 amide bonds. The third-order valence-corrected chi connectivity index (χ3v) is 6.66. The van der Waals surface area contributed by atoms with Crippen LogP contribution in [0.5, 0.6) is 0 Å². The summed E-state index contributed by atoms with van der Waals surface area (Å²) in [6.07, 6.45) is 9.73. The molecule has 4 aliphatic carbocycles. The first-order valence-corrected chi connectivity index (χ1v) is 9.15. The third kappa shape index (κ3) is 2.23. The lowest BCUT2D eigenvalue weighted by Crippen LogP contribution is -2.59. The molecule has 4 saturated carbocycles. The van der Waals surface area contributed by atoms with Crippen LogP contribution in [0.2, 0.25) is 5.02 Å². The molecule has 0 aromatic heterocycles. The summed E-state index contributed by atoms with van der Waals surface area (Å²) in [5.74, 6) is 3.00. The summed E-state index contributed by atoms with van der Waals surface area (Å²) < 4.78 is 0. The molecular weight excluding hydrogens is 292 g/mol. The quantitative estimate of drug-likeness (QED) is 0.871. The molecule has 0 radical (unpaired) electrons. The molecule has 6 rings (SSSR count). The molecule has 116 valence electrons. The summed E-state index contributed by atoms with van der Waals surface area (Å²) in [5.41, 5.74) is 4.12. The van der Waals surface area contributed by atoms with Crippen molar-refractivity contribution < 1.29 is 0 Å². The van der Waals surface area contributed by atoms with Gasteiger partial charge >= 0.3 is 0 Å². The van der Waals surface area contributed by atoms with Gasteiger partial charge in [-0.05, 0) is 74.0 Å². The average Bonchev–Trinajstić information content (AvgIpc) is 2.86. The van der Waals surface area contributed by atoms with Crippen molar-refractivity contribution in [1.82, 2.24) is 5.32 Å². The van der Waals surface area contributed by atoms with Crippen LogP contribution in [0.4, 0.5) is 5.69 Å². The molecule has 5 aliphatic rings. The fourth-order valence-electron chi connectivity index (χ4n) is 5.94. The molecule has 0 atom stereocenters. The summed E-state index contributed by atoms with van der Waals surface area (Å²) in [6, 6.07) is 6.10. The Bertz CT molecular complexity index is 614. The largest absolute Gasteiger partial charge is 0.306 e. The second-order valence-corrected chi connectivity index (χ2v) is 8.62. The standard InChI is InChI=1S/C19H23ClN2/c20-16-2-1-15-6-17(22-18(15)7-16)11-21-19-8-12-3-13(9-19)5-14(4-12)10-19/h1-2,7,12-14,21H,3-6,8-11H2. The Morgan fingerprint density at radius 3 is 2.45 bits per heavy atom. The lowest BCUT2D eigenvalue weighted by Gasteiger charge is -2.57. The molecule has 0 saturated heterocycles. The number of fused-ring (bicyclic) bond motifs is 1. The smallest absolute Gasteiger partial charge is 0.0680 e. The van der Waals surface area contributed by atoms with Crippen molar-refractivity contribution in [3.8, 4) is 0 Å². The molecule has 1 heterocycles. The van der Waals surface area contributed by atoms with E-state index in [0.717, 1.165) is 41.4 Å². The molecule has 4 fully saturated rings. The summed E-state index contributed by atoms with van der Waals surface area (Å²) in [4.78, 5) is 4.80. The second-order valence-electron chi connectivity index (χ2n) is 8.18. The molecule has 3 heteroatoms. The maximum Gasteiger partial charge on any atom is 0.0680 e. The zero-order valence-electron chi connectivity index (χ0n) is 12.9. The Morgan fingerprint density at radius 1 is 1.09 bits per heavy atom. The van der Waals surface area contributed by atoms with Crippen LogP contribution in [0, 0.1) is 17.8 Å². The molecule has 2 nitrogen and oxygen atoms in total. The van der Waals surface area contributed by atoms with Crippen LogP contribution in [0.15, 0.2) is 23.2 Å². The topological polar surface area (TPSA) is 24.4 Å². The summed E-state index contributed by atoms with van der Waals surface area (Å²) in [7, 11) is 0. The van der Waals surface area contributed by atoms with Gasteiger partial charge in [-0.3, -0.25) is 4.99 Å². The maximum absolute atomic E-state index is 6.07. The van der Waals surface area contributed by atoms with Gasteiger partial charge in [0.25, 0.3) is 0 Å². The number of rotatable bonds is 3. The zero-order valence-corrected chi connectivity index (χ0v) is 13.7. The predicted octanol–water partition coefficient (Wildman–Crippen LogP) is 4.53. The van der Waals surface area contributed by atoms with Gasteiger partial charge in [-0.1, -0.05) is 17.7 Å². The van der Waals surface area contributed by atoms with E-state index in [4.69, 9.17) is 16.6 Å². The van der Waals surface area contributed by atoms with Gasteiger partial charge in [-0.25, -0.2) is 0 Å². The zero-order chi connectivity index (χ0) is 14.7. The first-order chi connectivity index (χ1) is 10.7. The minimum absolute atomic E-state index is 0.434. The molecule has 22 heavy (non-hydrogen) atoms. The molecular formula is C19H23ClN2. The minimum atomic E-state index is 0.434. The molecule has 0 unspecified atom stereocenters. The number of aliphatic imine (C=N–C) groups is 1. The number of nitrogens with zero attached hydrogens (tertiary/aromatic N) is 1. The van der Waals surface area contributed by atoms with Crippen LogP contribution < -0.4 is 5.32 Å². The third-order valence-electron chi connectivity index (χ3n) is 6.43. The lowest BCUT2D eigenvalue weighted by molar-refractivity contribution is -0.0173. The van der Waals surface area contributed by atoms with E-state index in [0.29, 0.717) is 5.54 Å². The van der Waals surface area contributed by atoms with Crippen molar-refractivity contribution in [2.24, 2.45) is 22.7 Å². The SMILES string of the molecule is Clc1ccc2c(c1)N=C(CNC13CC4CC(CC(C4)C1)C3)C2. The van der Waals surface area contributed by atoms with Crippen LogP contribution in [-0.4, -0.2) is 17.8 Å². The highest BCUT2D eigenvalue weighted by atomic mass is 35.5. The maximum atomic E-state index is 6.07. The Labute approximate surface area is 137 Å². The molecule has 1 aromatic rings. The average molecular weight is 315 g/mol. The van der Waals surface area contributed by atoms with Gasteiger partial charge in [0.2, 0.25) is 0 Å². The molecule has 1 aromatic carbocycles. The summed E-state index contributed by atoms with van der Waals surface area (Å²) in [5, 5.41) is 4.74. The van der Waals surface area contributed by atoms with Crippen molar-refractivity contribution in [3.63, 3.8) is 0 Å². The van der Waals surface area contributed by atoms with Crippen LogP contribution in [0.1, 0.15) is 44.1 Å². The van der Waals surface area contributed by atoms with Gasteiger partial charge in [0.1, 0.15) is 0 Å². The van der Waals surface area contributed by atoms with Crippen molar-refractivity contribution >= 4 is 23.0 Å². The van der Waals surface area contributed by atoms with Crippen molar-refractivity contribution in [2.75, 3.05) is 6.54 Å². The van der Waals surface area contributed by atoms with E-state index in [9.17, 15) is 0 Å². The molecule has 1 aliphatic heterocycles. The van der Waals surface area contributed by atoms with E-state index in [-0.39, 0.29) is 0 Å². The normalized spacial score (nSPS) is 38.2. The van der Waals surface area contributed by atoms with Gasteiger partial charge in [0, 0.05) is 29.2 Å². The van der Waals surface area contributed by atoms with Crippen LogP contribution in [0.25, 0.3) is 0 Å². The van der Waals surface area contributed by atoms with Gasteiger partial charge in [0.15, 0.2) is 0 Å². The summed E-state index contributed by atoms with van der Waals surface area (Å²) >= 11 is 6.07. The first kappa shape index (κ1) is 13.6. The fraction of sp³-hybridized carbons (Fsp3) is 0.632. The predicted molar refractivity (Wildman–Crippen MR) is 91.2 cm³/mol. The highest BCUT2D eigenvalue weighted by Crippen LogP contribution is 2.55. The van der Waals surface area contributed by atoms with Crippen molar-refractivity contribution in [3.05, 3.63) is 28.8 Å². The Kier molecular flexibility index (Phi) is 2.97. The molecule has 1 N–H and O–H groups in total. The lowest BCUT2D eigenvalue weighted by atomic mass is 9.53. The Hall–Kier alpha value is -0.860. The van der Waals surface area contributed by atoms with E-state index in [1.807, 2.05) is 12.1 Å². The highest BCUT2D eigenvalue weighted by Gasteiger charge is 2.50. The number of hydrogen-bond donors (Lipinski definition) is 1. The van der Waals surface area contributed by atoms with Gasteiger partial charge in [-0.15, -0.1) is 0 Å². The second kappa shape index (κ2) is 4.82. The molecule has 0 spiro atoms. The van der Waals surface area contributed by atoms with E-state index in [2.05, 4.69) is 11.4 Å². The monoisotopic (exact) mass is 314 g/mol. The van der Waals surface area contributed by atoms with Crippen LogP contribution in [-0.2, 0) is 6.42 Å². The summed E-state index contributed by atoms with van der Waals surface area (Å²) in [6.45, 7) is 0.957. The number of benzene rings is 1. The highest BCUT2D eigenvalue weighted by molar-refractivity contribution is 6.31. The van der Waals surface area contributed by atoms with Gasteiger partial charge < -0.3 is 5.32 Å². The van der Waals surface area contributed by atoms with Gasteiger partial charge in [0.05, 0.1) is 5.69 Å². The number of hydrogen-bond acceptors (Lipinski definition) is 2. The van der Waals surface area contributed by atoms with E-state index >= 15 is 0 Å². The van der Waals surface area contributed by atoms with E-state index in [1.54, 1.807) is 0 Å². The Balaban J connectivity index is 1.30. The van der Waals surface area contributed by atoms with Crippen LogP contribution in [0.3, 0.4) is 0 Å². The number of nitrogens with one attached hydrogen (secondary N) is 1. The number of halogens is 1. The van der Waals surface area contributed by atoms with Crippen molar-refractivity contribution in [1.29, 1.82) is 0 Å². The van der Waals surface area contributed by atoms with E-state index < -0.39 is 0 Å². The molecule has 4 bridgehead atoms. The van der Waals surface area contributed by atoms with Gasteiger partial charge in [-0.2, -0.15) is 0 Å². The minimum Gasteiger partial charge on any atom is -0.306 e. The Morgan fingerprint density at radius 2 is 1.77 bits per heavy atom.